The van der Waals surface area contributed by atoms with Gasteiger partial charge in [0.05, 0.1) is 24.2 Å². The lowest BCUT2D eigenvalue weighted by Gasteiger charge is -2.22. The standard InChI is InChI=1S/C22H26N2O3S/c1-5-16(14-6-8-15(26-4)9-7-14)24-22(25)21-12(2)19-17(27-21)10-11-18-20(19)23-13(3)28-18/h6-9,16,18,20H,5,10-11H2,1-4H3,(H,24,25). The molecule has 0 saturated carbocycles. The number of carbonyl (C=O) groups excluding carboxylic acids is 1. The molecule has 0 radical (unpaired) electrons. The van der Waals surface area contributed by atoms with Gasteiger partial charge in [-0.3, -0.25) is 9.79 Å². The van der Waals surface area contributed by atoms with E-state index in [0.29, 0.717) is 11.0 Å². The number of methoxy groups -OCH3 is 1. The quantitative estimate of drug-likeness (QED) is 0.770. The number of ether oxygens (including phenoxy) is 1. The minimum Gasteiger partial charge on any atom is -0.497 e. The first-order valence-corrected chi connectivity index (χ1v) is 10.7. The molecule has 2 aliphatic rings. The summed E-state index contributed by atoms with van der Waals surface area (Å²) < 4.78 is 11.3. The van der Waals surface area contributed by atoms with Crippen LogP contribution < -0.4 is 10.1 Å². The maximum absolute atomic E-state index is 13.0. The van der Waals surface area contributed by atoms with E-state index in [9.17, 15) is 4.79 Å². The van der Waals surface area contributed by atoms with E-state index < -0.39 is 0 Å². The lowest BCUT2D eigenvalue weighted by Crippen LogP contribution is -2.28. The van der Waals surface area contributed by atoms with E-state index in [0.717, 1.165) is 52.5 Å². The van der Waals surface area contributed by atoms with Crippen LogP contribution in [0.5, 0.6) is 5.75 Å². The Morgan fingerprint density at radius 3 is 2.79 bits per heavy atom. The highest BCUT2D eigenvalue weighted by Gasteiger charge is 2.39. The van der Waals surface area contributed by atoms with Crippen LogP contribution in [0.1, 0.15) is 71.8 Å². The lowest BCUT2D eigenvalue weighted by molar-refractivity contribution is 0.0904. The monoisotopic (exact) mass is 398 g/mol. The van der Waals surface area contributed by atoms with Crippen LogP contribution in [-0.2, 0) is 6.42 Å². The Bertz CT molecular complexity index is 917. The molecule has 5 nitrogen and oxygen atoms in total. The molecular weight excluding hydrogens is 372 g/mol. The third-order valence-electron chi connectivity index (χ3n) is 5.65. The van der Waals surface area contributed by atoms with Crippen LogP contribution in [0.4, 0.5) is 0 Å². The highest BCUT2D eigenvalue weighted by molar-refractivity contribution is 8.14. The number of aliphatic imine (C=N–C) groups is 1. The van der Waals surface area contributed by atoms with Crippen LogP contribution in [0.2, 0.25) is 0 Å². The van der Waals surface area contributed by atoms with Gasteiger partial charge < -0.3 is 14.5 Å². The first-order chi connectivity index (χ1) is 13.5. The number of aryl methyl sites for hydroxylation is 1. The predicted octanol–water partition coefficient (Wildman–Crippen LogP) is 5.00. The number of fused-ring (bicyclic) bond motifs is 3. The average molecular weight is 399 g/mol. The summed E-state index contributed by atoms with van der Waals surface area (Å²) in [5, 5.41) is 4.74. The van der Waals surface area contributed by atoms with Crippen LogP contribution >= 0.6 is 11.8 Å². The number of nitrogens with one attached hydrogen (secondary N) is 1. The fourth-order valence-corrected chi connectivity index (χ4v) is 5.36. The Hall–Kier alpha value is -2.21. The van der Waals surface area contributed by atoms with Crippen LogP contribution in [0.25, 0.3) is 0 Å². The van der Waals surface area contributed by atoms with E-state index >= 15 is 0 Å². The zero-order valence-electron chi connectivity index (χ0n) is 16.7. The number of carbonyl (C=O) groups is 1. The summed E-state index contributed by atoms with van der Waals surface area (Å²) in [4.78, 5) is 17.8. The van der Waals surface area contributed by atoms with Gasteiger partial charge in [-0.25, -0.2) is 0 Å². The van der Waals surface area contributed by atoms with Gasteiger partial charge in [0.2, 0.25) is 0 Å². The van der Waals surface area contributed by atoms with E-state index in [2.05, 4.69) is 19.2 Å². The van der Waals surface area contributed by atoms with Crippen molar-refractivity contribution in [1.29, 1.82) is 0 Å². The van der Waals surface area contributed by atoms with Crippen molar-refractivity contribution in [2.24, 2.45) is 4.99 Å². The van der Waals surface area contributed by atoms with Gasteiger partial charge in [0.1, 0.15) is 11.5 Å². The fourth-order valence-electron chi connectivity index (χ4n) is 4.19. The molecule has 1 aromatic carbocycles. The smallest absolute Gasteiger partial charge is 0.287 e. The topological polar surface area (TPSA) is 63.8 Å². The third kappa shape index (κ3) is 3.34. The molecule has 1 aliphatic heterocycles. The van der Waals surface area contributed by atoms with E-state index in [1.165, 1.54) is 0 Å². The van der Waals surface area contributed by atoms with Crippen molar-refractivity contribution in [3.05, 3.63) is 52.5 Å². The van der Waals surface area contributed by atoms with Crippen molar-refractivity contribution in [2.75, 3.05) is 7.11 Å². The molecule has 0 saturated heterocycles. The molecule has 6 heteroatoms. The van der Waals surface area contributed by atoms with Gasteiger partial charge in [-0.15, -0.1) is 11.8 Å². The summed E-state index contributed by atoms with van der Waals surface area (Å²) in [6, 6.07) is 7.87. The number of hydrogen-bond donors (Lipinski definition) is 1. The van der Waals surface area contributed by atoms with Crippen molar-refractivity contribution < 1.29 is 13.9 Å². The zero-order valence-corrected chi connectivity index (χ0v) is 17.6. The largest absolute Gasteiger partial charge is 0.497 e. The number of furan rings is 1. The number of benzene rings is 1. The highest BCUT2D eigenvalue weighted by Crippen LogP contribution is 2.47. The summed E-state index contributed by atoms with van der Waals surface area (Å²) in [5.41, 5.74) is 3.12. The normalized spacial score (nSPS) is 21.5. The molecule has 2 aromatic rings. The molecule has 1 N–H and O–H groups in total. The van der Waals surface area contributed by atoms with E-state index in [-0.39, 0.29) is 18.0 Å². The van der Waals surface area contributed by atoms with Crippen LogP contribution in [0.15, 0.2) is 33.7 Å². The minimum absolute atomic E-state index is 0.0741. The number of amides is 1. The van der Waals surface area contributed by atoms with Gasteiger partial charge in [-0.2, -0.15) is 0 Å². The molecule has 1 aliphatic carbocycles. The molecule has 0 fully saturated rings. The van der Waals surface area contributed by atoms with Gasteiger partial charge in [-0.05, 0) is 44.4 Å². The predicted molar refractivity (Wildman–Crippen MR) is 112 cm³/mol. The Balaban J connectivity index is 1.57. The van der Waals surface area contributed by atoms with Gasteiger partial charge in [0, 0.05) is 22.8 Å². The van der Waals surface area contributed by atoms with Gasteiger partial charge in [0.25, 0.3) is 5.91 Å². The van der Waals surface area contributed by atoms with Crippen molar-refractivity contribution >= 4 is 22.7 Å². The Labute approximate surface area is 169 Å². The maximum Gasteiger partial charge on any atom is 0.287 e. The number of rotatable bonds is 5. The van der Waals surface area contributed by atoms with Gasteiger partial charge >= 0.3 is 0 Å². The molecule has 4 rings (SSSR count). The molecule has 3 unspecified atom stereocenters. The van der Waals surface area contributed by atoms with Gasteiger partial charge in [-0.1, -0.05) is 19.1 Å². The van der Waals surface area contributed by atoms with E-state index in [1.807, 2.05) is 43.0 Å². The molecule has 0 bridgehead atoms. The van der Waals surface area contributed by atoms with Crippen molar-refractivity contribution in [2.45, 2.75) is 57.4 Å². The Morgan fingerprint density at radius 2 is 2.11 bits per heavy atom. The number of thioether (sulfide) groups is 1. The summed E-state index contributed by atoms with van der Waals surface area (Å²) in [6.45, 7) is 6.11. The maximum atomic E-state index is 13.0. The first kappa shape index (κ1) is 19.1. The number of nitrogens with zero attached hydrogens (tertiary/aromatic N) is 1. The lowest BCUT2D eigenvalue weighted by atomic mass is 9.90. The Kier molecular flexibility index (Phi) is 5.23. The summed E-state index contributed by atoms with van der Waals surface area (Å²) in [5.74, 6) is 2.01. The molecule has 2 heterocycles. The van der Waals surface area contributed by atoms with Crippen molar-refractivity contribution in [1.82, 2.24) is 5.32 Å². The van der Waals surface area contributed by atoms with Gasteiger partial charge in [0.15, 0.2) is 5.76 Å². The van der Waals surface area contributed by atoms with E-state index in [4.69, 9.17) is 14.1 Å². The average Bonchev–Trinajstić information content (AvgIpc) is 3.25. The first-order valence-electron chi connectivity index (χ1n) is 9.79. The summed E-state index contributed by atoms with van der Waals surface area (Å²) in [7, 11) is 1.65. The summed E-state index contributed by atoms with van der Waals surface area (Å²) in [6.07, 6.45) is 2.71. The van der Waals surface area contributed by atoms with Crippen LogP contribution in [0.3, 0.4) is 0 Å². The second-order valence-electron chi connectivity index (χ2n) is 7.39. The van der Waals surface area contributed by atoms with Crippen molar-refractivity contribution in [3.8, 4) is 5.75 Å². The zero-order chi connectivity index (χ0) is 19.8. The third-order valence-corrected chi connectivity index (χ3v) is 6.90. The minimum atomic E-state index is -0.155. The molecular formula is C22H26N2O3S. The molecule has 1 aromatic heterocycles. The second-order valence-corrected chi connectivity index (χ2v) is 8.82. The highest BCUT2D eigenvalue weighted by atomic mass is 32.2. The van der Waals surface area contributed by atoms with E-state index in [1.54, 1.807) is 7.11 Å². The molecule has 3 atom stereocenters. The van der Waals surface area contributed by atoms with Crippen LogP contribution in [0, 0.1) is 6.92 Å². The Morgan fingerprint density at radius 1 is 1.36 bits per heavy atom. The van der Waals surface area contributed by atoms with Crippen molar-refractivity contribution in [3.63, 3.8) is 0 Å². The molecule has 0 spiro atoms. The summed E-state index contributed by atoms with van der Waals surface area (Å²) >= 11 is 1.85. The number of hydrogen-bond acceptors (Lipinski definition) is 5. The van der Waals surface area contributed by atoms with Crippen LogP contribution in [-0.4, -0.2) is 23.3 Å². The molecule has 1 amide bonds. The molecule has 148 valence electrons. The SMILES string of the molecule is CCC(NC(=O)c1oc2c(c1C)C1N=C(C)SC1CC2)c1ccc(OC)cc1. The second kappa shape index (κ2) is 7.66. The molecule has 28 heavy (non-hydrogen) atoms. The fraction of sp³-hybridized carbons (Fsp3) is 0.455.